The van der Waals surface area contributed by atoms with Gasteiger partial charge >= 0.3 is 0 Å². The average Bonchev–Trinajstić information content (AvgIpc) is 2.68. The molecular formula is C20H21N3O2. The number of aromatic nitrogens is 1. The van der Waals surface area contributed by atoms with Gasteiger partial charge in [0.15, 0.2) is 11.6 Å². The molecule has 128 valence electrons. The molecule has 1 aromatic carbocycles. The number of carbonyl (C=O) groups excluding carboxylic acids is 1. The predicted octanol–water partition coefficient (Wildman–Crippen LogP) is 4.16. The van der Waals surface area contributed by atoms with E-state index in [0.717, 1.165) is 0 Å². The number of hydrogen-bond acceptors (Lipinski definition) is 4. The summed E-state index contributed by atoms with van der Waals surface area (Å²) in [6.07, 6.45) is 7.85. The molecule has 3 rings (SSSR count). The van der Waals surface area contributed by atoms with E-state index >= 15 is 0 Å². The van der Waals surface area contributed by atoms with E-state index in [2.05, 4.69) is 10.3 Å². The third-order valence-electron chi connectivity index (χ3n) is 4.46. The Bertz CT molecular complexity index is 777. The van der Waals surface area contributed by atoms with Gasteiger partial charge in [0.05, 0.1) is 18.2 Å². The fourth-order valence-electron chi connectivity index (χ4n) is 3.07. The number of pyridine rings is 1. The summed E-state index contributed by atoms with van der Waals surface area (Å²) in [5, 5.41) is 11.7. The molecular weight excluding hydrogens is 314 g/mol. The van der Waals surface area contributed by atoms with Crippen molar-refractivity contribution in [3.63, 3.8) is 0 Å². The maximum Gasteiger partial charge on any atom is 0.256 e. The van der Waals surface area contributed by atoms with Crippen LogP contribution in [0.3, 0.4) is 0 Å². The summed E-state index contributed by atoms with van der Waals surface area (Å²) in [4.78, 5) is 16.7. The van der Waals surface area contributed by atoms with Crippen molar-refractivity contribution >= 4 is 11.7 Å². The maximum atomic E-state index is 12.4. The zero-order valence-corrected chi connectivity index (χ0v) is 14.1. The van der Waals surface area contributed by atoms with E-state index in [-0.39, 0.29) is 5.91 Å². The molecule has 1 saturated carbocycles. The zero-order chi connectivity index (χ0) is 17.5. The van der Waals surface area contributed by atoms with Crippen molar-refractivity contribution < 1.29 is 9.53 Å². The molecule has 1 aromatic heterocycles. The molecule has 5 nitrogen and oxygen atoms in total. The Morgan fingerprint density at radius 1 is 1.24 bits per heavy atom. The number of ether oxygens (including phenoxy) is 1. The standard InChI is InChI=1S/C20H21N3O2/c21-13-16-8-4-9-17(12-16)20(24)23-19-18(10-5-11-22-19)25-14-15-6-2-1-3-7-15/h4-5,8-12,15H,1-3,6-7,14H2,(H,22,23,24). The first-order chi connectivity index (χ1) is 12.3. The van der Waals surface area contributed by atoms with E-state index in [0.29, 0.717) is 35.2 Å². The molecule has 0 bridgehead atoms. The molecule has 1 fully saturated rings. The van der Waals surface area contributed by atoms with Crippen LogP contribution in [0.4, 0.5) is 5.82 Å². The fourth-order valence-corrected chi connectivity index (χ4v) is 3.07. The molecule has 1 aliphatic carbocycles. The molecule has 1 aliphatic rings. The van der Waals surface area contributed by atoms with Gasteiger partial charge in [-0.1, -0.05) is 25.3 Å². The summed E-state index contributed by atoms with van der Waals surface area (Å²) < 4.78 is 5.93. The van der Waals surface area contributed by atoms with Gasteiger partial charge in [-0.3, -0.25) is 4.79 Å². The van der Waals surface area contributed by atoms with Crippen LogP contribution in [0.5, 0.6) is 5.75 Å². The van der Waals surface area contributed by atoms with Crippen molar-refractivity contribution in [2.45, 2.75) is 32.1 Å². The highest BCUT2D eigenvalue weighted by atomic mass is 16.5. The minimum Gasteiger partial charge on any atom is -0.489 e. The third-order valence-corrected chi connectivity index (χ3v) is 4.46. The third kappa shape index (κ3) is 4.57. The normalized spacial score (nSPS) is 14.5. The van der Waals surface area contributed by atoms with E-state index in [1.54, 1.807) is 36.5 Å². The van der Waals surface area contributed by atoms with Gasteiger partial charge in [-0.05, 0) is 49.1 Å². The van der Waals surface area contributed by atoms with Crippen molar-refractivity contribution in [2.24, 2.45) is 5.92 Å². The number of anilines is 1. The second-order valence-electron chi connectivity index (χ2n) is 6.31. The molecule has 0 atom stereocenters. The van der Waals surface area contributed by atoms with Gasteiger partial charge in [0.2, 0.25) is 0 Å². The molecule has 25 heavy (non-hydrogen) atoms. The Balaban J connectivity index is 1.67. The van der Waals surface area contributed by atoms with Gasteiger partial charge in [-0.2, -0.15) is 5.26 Å². The highest BCUT2D eigenvalue weighted by molar-refractivity contribution is 6.04. The van der Waals surface area contributed by atoms with E-state index < -0.39 is 0 Å². The van der Waals surface area contributed by atoms with Crippen LogP contribution in [0.15, 0.2) is 42.6 Å². The lowest BCUT2D eigenvalue weighted by molar-refractivity contribution is 0.102. The first kappa shape index (κ1) is 17.0. The average molecular weight is 335 g/mol. The number of nitrogens with zero attached hydrogens (tertiary/aromatic N) is 2. The van der Waals surface area contributed by atoms with E-state index in [1.807, 2.05) is 12.1 Å². The molecule has 0 aliphatic heterocycles. The Morgan fingerprint density at radius 3 is 2.88 bits per heavy atom. The van der Waals surface area contributed by atoms with Crippen molar-refractivity contribution in [1.29, 1.82) is 5.26 Å². The number of nitrogens with one attached hydrogen (secondary N) is 1. The van der Waals surface area contributed by atoms with Crippen molar-refractivity contribution in [2.75, 3.05) is 11.9 Å². The Morgan fingerprint density at radius 2 is 2.08 bits per heavy atom. The first-order valence-corrected chi connectivity index (χ1v) is 8.65. The SMILES string of the molecule is N#Cc1cccc(C(=O)Nc2ncccc2OCC2CCCCC2)c1. The molecule has 2 aromatic rings. The highest BCUT2D eigenvalue weighted by Crippen LogP contribution is 2.27. The summed E-state index contributed by atoms with van der Waals surface area (Å²) in [6, 6.07) is 12.2. The number of nitriles is 1. The van der Waals surface area contributed by atoms with Crippen LogP contribution in [-0.2, 0) is 0 Å². The number of amides is 1. The Labute approximate surface area is 147 Å². The van der Waals surface area contributed by atoms with Gasteiger partial charge in [0, 0.05) is 11.8 Å². The second-order valence-corrected chi connectivity index (χ2v) is 6.31. The van der Waals surface area contributed by atoms with Crippen LogP contribution < -0.4 is 10.1 Å². The van der Waals surface area contributed by atoms with Crippen LogP contribution >= 0.6 is 0 Å². The molecule has 0 spiro atoms. The maximum absolute atomic E-state index is 12.4. The van der Waals surface area contributed by atoms with Gasteiger partial charge in [0.1, 0.15) is 0 Å². The first-order valence-electron chi connectivity index (χ1n) is 8.65. The second kappa shape index (κ2) is 8.29. The number of benzene rings is 1. The topological polar surface area (TPSA) is 75.0 Å². The summed E-state index contributed by atoms with van der Waals surface area (Å²) in [5.74, 6) is 1.26. The van der Waals surface area contributed by atoms with Gasteiger partial charge in [-0.25, -0.2) is 4.98 Å². The predicted molar refractivity (Wildman–Crippen MR) is 95.4 cm³/mol. The minimum atomic E-state index is -0.307. The van der Waals surface area contributed by atoms with Gasteiger partial charge < -0.3 is 10.1 Å². The summed E-state index contributed by atoms with van der Waals surface area (Å²) in [6.45, 7) is 0.651. The van der Waals surface area contributed by atoms with Crippen LogP contribution in [-0.4, -0.2) is 17.5 Å². The van der Waals surface area contributed by atoms with E-state index in [4.69, 9.17) is 10.00 Å². The quantitative estimate of drug-likeness (QED) is 0.890. The number of carbonyl (C=O) groups is 1. The number of rotatable bonds is 5. The Kier molecular flexibility index (Phi) is 5.63. The number of hydrogen-bond donors (Lipinski definition) is 1. The lowest BCUT2D eigenvalue weighted by Crippen LogP contribution is -2.17. The Hall–Kier alpha value is -2.87. The monoisotopic (exact) mass is 335 g/mol. The molecule has 5 heteroatoms. The minimum absolute atomic E-state index is 0.307. The zero-order valence-electron chi connectivity index (χ0n) is 14.1. The van der Waals surface area contributed by atoms with Crippen LogP contribution in [0, 0.1) is 17.2 Å². The van der Waals surface area contributed by atoms with Crippen molar-refractivity contribution in [3.8, 4) is 11.8 Å². The molecule has 0 radical (unpaired) electrons. The van der Waals surface area contributed by atoms with Crippen molar-refractivity contribution in [3.05, 3.63) is 53.7 Å². The smallest absolute Gasteiger partial charge is 0.256 e. The summed E-state index contributed by atoms with van der Waals surface area (Å²) in [5.41, 5.74) is 0.866. The largest absolute Gasteiger partial charge is 0.489 e. The highest BCUT2D eigenvalue weighted by Gasteiger charge is 2.16. The van der Waals surface area contributed by atoms with E-state index in [9.17, 15) is 4.79 Å². The van der Waals surface area contributed by atoms with Crippen LogP contribution in [0.1, 0.15) is 48.0 Å². The fraction of sp³-hybridized carbons (Fsp3) is 0.350. The van der Waals surface area contributed by atoms with Crippen LogP contribution in [0.2, 0.25) is 0 Å². The summed E-state index contributed by atoms with van der Waals surface area (Å²) in [7, 11) is 0. The summed E-state index contributed by atoms with van der Waals surface area (Å²) >= 11 is 0. The lowest BCUT2D eigenvalue weighted by Gasteiger charge is -2.22. The molecule has 0 saturated heterocycles. The lowest BCUT2D eigenvalue weighted by atomic mass is 9.90. The van der Waals surface area contributed by atoms with Gasteiger partial charge in [-0.15, -0.1) is 0 Å². The van der Waals surface area contributed by atoms with Crippen molar-refractivity contribution in [1.82, 2.24) is 4.98 Å². The molecule has 1 N–H and O–H groups in total. The van der Waals surface area contributed by atoms with Crippen LogP contribution in [0.25, 0.3) is 0 Å². The van der Waals surface area contributed by atoms with Gasteiger partial charge in [0.25, 0.3) is 5.91 Å². The van der Waals surface area contributed by atoms with E-state index in [1.165, 1.54) is 32.1 Å². The molecule has 0 unspecified atom stereocenters. The molecule has 1 heterocycles. The molecule has 1 amide bonds.